The van der Waals surface area contributed by atoms with Crippen molar-refractivity contribution in [2.75, 3.05) is 0 Å². The summed E-state index contributed by atoms with van der Waals surface area (Å²) in [6, 6.07) is 12.8. The second kappa shape index (κ2) is 4.45. The van der Waals surface area contributed by atoms with Crippen molar-refractivity contribution in [2.45, 2.75) is 6.92 Å². The third-order valence-electron chi connectivity index (χ3n) is 2.23. The minimum absolute atomic E-state index is 0.0381. The molecule has 2 aromatic rings. The lowest BCUT2D eigenvalue weighted by molar-refractivity contribution is 0.101. The van der Waals surface area contributed by atoms with Crippen LogP contribution in [0.1, 0.15) is 17.4 Å². The van der Waals surface area contributed by atoms with Crippen LogP contribution >= 0.6 is 11.6 Å². The van der Waals surface area contributed by atoms with E-state index >= 15 is 0 Å². The van der Waals surface area contributed by atoms with Crippen LogP contribution < -0.4 is 0 Å². The molecule has 0 aliphatic heterocycles. The summed E-state index contributed by atoms with van der Waals surface area (Å²) in [6.07, 6.45) is 0. The summed E-state index contributed by atoms with van der Waals surface area (Å²) in [5.41, 5.74) is 2.14. The maximum atomic E-state index is 11.2. The second-order valence-corrected chi connectivity index (χ2v) is 3.91. The molecule has 1 aromatic heterocycles. The van der Waals surface area contributed by atoms with Crippen molar-refractivity contribution in [3.05, 3.63) is 53.2 Å². The predicted molar refractivity (Wildman–Crippen MR) is 64.7 cm³/mol. The number of benzene rings is 1. The van der Waals surface area contributed by atoms with Gasteiger partial charge in [0.2, 0.25) is 0 Å². The van der Waals surface area contributed by atoms with Crippen LogP contribution in [0.15, 0.2) is 42.5 Å². The lowest BCUT2D eigenvalue weighted by Gasteiger charge is -2.02. The van der Waals surface area contributed by atoms with Gasteiger partial charge in [0.15, 0.2) is 5.78 Å². The number of hydrogen-bond donors (Lipinski definition) is 0. The molecular weight excluding hydrogens is 222 g/mol. The zero-order valence-corrected chi connectivity index (χ0v) is 9.53. The third-order valence-corrected chi connectivity index (χ3v) is 2.47. The molecule has 0 fully saturated rings. The normalized spacial score (nSPS) is 10.1. The molecule has 0 spiro atoms. The molecule has 0 aliphatic carbocycles. The highest BCUT2D eigenvalue weighted by atomic mass is 35.5. The summed E-state index contributed by atoms with van der Waals surface area (Å²) in [7, 11) is 0. The standard InChI is InChI=1S/C13H10ClNO/c1-9(16)12-6-3-7-13(15-12)10-4-2-5-11(14)8-10/h2-8H,1H3. The molecule has 1 heterocycles. The molecule has 0 saturated heterocycles. The van der Waals surface area contributed by atoms with E-state index in [1.807, 2.05) is 30.3 Å². The van der Waals surface area contributed by atoms with E-state index in [9.17, 15) is 4.79 Å². The molecule has 3 heteroatoms. The quantitative estimate of drug-likeness (QED) is 0.739. The maximum absolute atomic E-state index is 11.2. The average Bonchev–Trinajstić information content (AvgIpc) is 2.29. The largest absolute Gasteiger partial charge is 0.293 e. The van der Waals surface area contributed by atoms with E-state index in [0.29, 0.717) is 10.7 Å². The smallest absolute Gasteiger partial charge is 0.178 e. The number of rotatable bonds is 2. The van der Waals surface area contributed by atoms with Gasteiger partial charge in [-0.05, 0) is 24.3 Å². The van der Waals surface area contributed by atoms with Gasteiger partial charge in [0, 0.05) is 17.5 Å². The van der Waals surface area contributed by atoms with Crippen LogP contribution in [-0.4, -0.2) is 10.8 Å². The summed E-state index contributed by atoms with van der Waals surface area (Å²) in [6.45, 7) is 1.50. The number of aromatic nitrogens is 1. The van der Waals surface area contributed by atoms with E-state index < -0.39 is 0 Å². The van der Waals surface area contributed by atoms with Crippen LogP contribution in [0.25, 0.3) is 11.3 Å². The van der Waals surface area contributed by atoms with E-state index in [0.717, 1.165) is 11.3 Å². The van der Waals surface area contributed by atoms with Crippen molar-refractivity contribution in [1.29, 1.82) is 0 Å². The first-order valence-electron chi connectivity index (χ1n) is 4.91. The first-order chi connectivity index (χ1) is 7.66. The van der Waals surface area contributed by atoms with Crippen molar-refractivity contribution in [2.24, 2.45) is 0 Å². The number of pyridine rings is 1. The van der Waals surface area contributed by atoms with E-state index in [1.165, 1.54) is 6.92 Å². The molecule has 1 aromatic carbocycles. The number of hydrogen-bond acceptors (Lipinski definition) is 2. The molecule has 0 unspecified atom stereocenters. The Kier molecular flexibility index (Phi) is 3.02. The van der Waals surface area contributed by atoms with Gasteiger partial charge in [-0.1, -0.05) is 29.8 Å². The Bertz CT molecular complexity index is 537. The maximum Gasteiger partial charge on any atom is 0.178 e. The van der Waals surface area contributed by atoms with E-state index in [4.69, 9.17) is 11.6 Å². The zero-order valence-electron chi connectivity index (χ0n) is 8.77. The van der Waals surface area contributed by atoms with Crippen molar-refractivity contribution < 1.29 is 4.79 Å². The van der Waals surface area contributed by atoms with Crippen LogP contribution in [0, 0.1) is 0 Å². The SMILES string of the molecule is CC(=O)c1cccc(-c2cccc(Cl)c2)n1. The molecule has 16 heavy (non-hydrogen) atoms. The van der Waals surface area contributed by atoms with Crippen molar-refractivity contribution in [3.63, 3.8) is 0 Å². The third kappa shape index (κ3) is 2.28. The van der Waals surface area contributed by atoms with Gasteiger partial charge in [0.05, 0.1) is 5.69 Å². The van der Waals surface area contributed by atoms with E-state index in [2.05, 4.69) is 4.98 Å². The highest BCUT2D eigenvalue weighted by Gasteiger charge is 2.04. The Morgan fingerprint density at radius 2 is 1.94 bits per heavy atom. The zero-order chi connectivity index (χ0) is 11.5. The summed E-state index contributed by atoms with van der Waals surface area (Å²) < 4.78 is 0. The van der Waals surface area contributed by atoms with Crippen LogP contribution in [0.4, 0.5) is 0 Å². The highest BCUT2D eigenvalue weighted by Crippen LogP contribution is 2.21. The molecular formula is C13H10ClNO. The number of ketones is 1. The Labute approximate surface area is 98.9 Å². The van der Waals surface area contributed by atoms with Gasteiger partial charge in [0.25, 0.3) is 0 Å². The molecule has 0 saturated carbocycles. The molecule has 2 nitrogen and oxygen atoms in total. The van der Waals surface area contributed by atoms with Gasteiger partial charge in [-0.3, -0.25) is 4.79 Å². The summed E-state index contributed by atoms with van der Waals surface area (Å²) >= 11 is 5.90. The van der Waals surface area contributed by atoms with E-state index in [-0.39, 0.29) is 5.78 Å². The Morgan fingerprint density at radius 3 is 2.62 bits per heavy atom. The Balaban J connectivity index is 2.48. The van der Waals surface area contributed by atoms with Crippen LogP contribution in [0.2, 0.25) is 5.02 Å². The molecule has 0 aliphatic rings. The van der Waals surface area contributed by atoms with Gasteiger partial charge >= 0.3 is 0 Å². The Hall–Kier alpha value is -1.67. The number of carbonyl (C=O) groups is 1. The topological polar surface area (TPSA) is 30.0 Å². The fraction of sp³-hybridized carbons (Fsp3) is 0.0769. The predicted octanol–water partition coefficient (Wildman–Crippen LogP) is 3.60. The van der Waals surface area contributed by atoms with Gasteiger partial charge in [-0.25, -0.2) is 4.98 Å². The lowest BCUT2D eigenvalue weighted by Crippen LogP contribution is -1.97. The Morgan fingerprint density at radius 1 is 1.19 bits per heavy atom. The molecule has 0 N–H and O–H groups in total. The van der Waals surface area contributed by atoms with Crippen LogP contribution in [0.5, 0.6) is 0 Å². The molecule has 2 rings (SSSR count). The van der Waals surface area contributed by atoms with Crippen molar-refractivity contribution in [3.8, 4) is 11.3 Å². The van der Waals surface area contributed by atoms with Crippen molar-refractivity contribution >= 4 is 17.4 Å². The number of halogens is 1. The summed E-state index contributed by atoms with van der Waals surface area (Å²) in [5, 5.41) is 0.660. The lowest BCUT2D eigenvalue weighted by atomic mass is 10.1. The minimum Gasteiger partial charge on any atom is -0.293 e. The molecule has 0 bridgehead atoms. The minimum atomic E-state index is -0.0381. The molecule has 0 atom stereocenters. The van der Waals surface area contributed by atoms with Gasteiger partial charge in [-0.2, -0.15) is 0 Å². The van der Waals surface area contributed by atoms with Crippen LogP contribution in [0.3, 0.4) is 0 Å². The highest BCUT2D eigenvalue weighted by molar-refractivity contribution is 6.30. The fourth-order valence-corrected chi connectivity index (χ4v) is 1.63. The fourth-order valence-electron chi connectivity index (χ4n) is 1.44. The number of nitrogens with zero attached hydrogens (tertiary/aromatic N) is 1. The average molecular weight is 232 g/mol. The number of Topliss-reactive ketones (excluding diaryl/α,β-unsaturated/α-hetero) is 1. The summed E-state index contributed by atoms with van der Waals surface area (Å²) in [4.78, 5) is 15.5. The van der Waals surface area contributed by atoms with Crippen LogP contribution in [-0.2, 0) is 0 Å². The summed E-state index contributed by atoms with van der Waals surface area (Å²) in [5.74, 6) is -0.0381. The first-order valence-corrected chi connectivity index (χ1v) is 5.28. The first kappa shape index (κ1) is 10.8. The molecule has 80 valence electrons. The van der Waals surface area contributed by atoms with E-state index in [1.54, 1.807) is 12.1 Å². The monoisotopic (exact) mass is 231 g/mol. The van der Waals surface area contributed by atoms with Gasteiger partial charge < -0.3 is 0 Å². The number of carbonyl (C=O) groups excluding carboxylic acids is 1. The molecule has 0 amide bonds. The second-order valence-electron chi connectivity index (χ2n) is 3.47. The van der Waals surface area contributed by atoms with Crippen molar-refractivity contribution in [1.82, 2.24) is 4.98 Å². The van der Waals surface area contributed by atoms with Gasteiger partial charge in [0.1, 0.15) is 5.69 Å². The van der Waals surface area contributed by atoms with Gasteiger partial charge in [-0.15, -0.1) is 0 Å². The molecule has 0 radical (unpaired) electrons.